The van der Waals surface area contributed by atoms with Crippen molar-refractivity contribution < 1.29 is 12.8 Å². The smallest absolute Gasteiger partial charge is 0.240 e. The van der Waals surface area contributed by atoms with E-state index in [1.165, 1.54) is 18.2 Å². The van der Waals surface area contributed by atoms with Crippen LogP contribution in [0.2, 0.25) is 0 Å². The van der Waals surface area contributed by atoms with Crippen molar-refractivity contribution in [2.24, 2.45) is 4.99 Å². The van der Waals surface area contributed by atoms with E-state index in [1.807, 2.05) is 6.07 Å². The number of hydrogen-bond acceptors (Lipinski definition) is 5. The van der Waals surface area contributed by atoms with Gasteiger partial charge in [-0.15, -0.1) is 24.0 Å². The average molecular weight is 504 g/mol. The Bertz CT molecular complexity index is 906. The van der Waals surface area contributed by atoms with Crippen LogP contribution in [0.15, 0.2) is 58.4 Å². The standard InChI is InChI=1S/C18H21FN4O2S.HI/c19-16-6-1-4-14(10-16)13-23-26(24,25)17-7-2-5-15(11-17)12-22-18-20-8-3-9-21-18;/h1-2,4-7,10-11,23H,3,8-9,12-13H2,(H2,20,21,22);1H. The van der Waals surface area contributed by atoms with Crippen molar-refractivity contribution in [3.8, 4) is 0 Å². The average Bonchev–Trinajstić information content (AvgIpc) is 2.66. The second-order valence-electron chi connectivity index (χ2n) is 5.97. The molecule has 0 atom stereocenters. The zero-order valence-electron chi connectivity index (χ0n) is 14.6. The molecule has 0 aliphatic carbocycles. The van der Waals surface area contributed by atoms with Crippen molar-refractivity contribution in [1.29, 1.82) is 0 Å². The third-order valence-electron chi connectivity index (χ3n) is 3.92. The lowest BCUT2D eigenvalue weighted by Crippen LogP contribution is -2.40. The Kier molecular flexibility index (Phi) is 7.99. The van der Waals surface area contributed by atoms with Gasteiger partial charge in [-0.3, -0.25) is 4.99 Å². The van der Waals surface area contributed by atoms with Crippen LogP contribution in [0.4, 0.5) is 4.39 Å². The molecule has 3 N–H and O–H groups in total. The molecule has 27 heavy (non-hydrogen) atoms. The number of hydrogen-bond donors (Lipinski definition) is 3. The highest BCUT2D eigenvalue weighted by atomic mass is 127. The summed E-state index contributed by atoms with van der Waals surface area (Å²) in [6.07, 6.45) is 1.01. The van der Waals surface area contributed by atoms with Crippen LogP contribution in [0.1, 0.15) is 17.5 Å². The molecule has 0 fully saturated rings. The number of nitrogens with one attached hydrogen (secondary N) is 3. The van der Waals surface area contributed by atoms with Crippen molar-refractivity contribution in [2.75, 3.05) is 13.1 Å². The van der Waals surface area contributed by atoms with Crippen LogP contribution in [-0.2, 0) is 23.1 Å². The summed E-state index contributed by atoms with van der Waals surface area (Å²) in [4.78, 5) is 4.49. The Morgan fingerprint density at radius 1 is 1.07 bits per heavy atom. The fourth-order valence-corrected chi connectivity index (χ4v) is 3.66. The predicted octanol–water partition coefficient (Wildman–Crippen LogP) is 2.36. The van der Waals surface area contributed by atoms with E-state index in [0.717, 1.165) is 31.0 Å². The monoisotopic (exact) mass is 504 g/mol. The second-order valence-corrected chi connectivity index (χ2v) is 7.73. The fraction of sp³-hybridized carbons (Fsp3) is 0.278. The summed E-state index contributed by atoms with van der Waals surface area (Å²) >= 11 is 0. The Hall–Kier alpha value is -1.72. The van der Waals surface area contributed by atoms with Crippen molar-refractivity contribution in [2.45, 2.75) is 24.4 Å². The number of sulfonamides is 1. The number of rotatable bonds is 6. The van der Waals surface area contributed by atoms with Gasteiger partial charge in [-0.05, 0) is 41.8 Å². The molecular weight excluding hydrogens is 482 g/mol. The first-order chi connectivity index (χ1) is 12.5. The normalized spacial score (nSPS) is 13.9. The summed E-state index contributed by atoms with van der Waals surface area (Å²) in [5.74, 6) is 0.336. The summed E-state index contributed by atoms with van der Waals surface area (Å²) in [6.45, 7) is 2.17. The maximum atomic E-state index is 13.2. The van der Waals surface area contributed by atoms with Crippen LogP contribution in [0, 0.1) is 5.82 Å². The van der Waals surface area contributed by atoms with Gasteiger partial charge >= 0.3 is 0 Å². The lowest BCUT2D eigenvalue weighted by molar-refractivity contribution is 0.580. The van der Waals surface area contributed by atoms with Gasteiger partial charge in [-0.25, -0.2) is 17.5 Å². The largest absolute Gasteiger partial charge is 0.356 e. The molecule has 1 aliphatic rings. The van der Waals surface area contributed by atoms with Crippen LogP contribution in [0.25, 0.3) is 0 Å². The van der Waals surface area contributed by atoms with Crippen LogP contribution in [0.3, 0.4) is 0 Å². The molecular formula is C18H22FIN4O2S. The maximum Gasteiger partial charge on any atom is 0.240 e. The lowest BCUT2D eigenvalue weighted by atomic mass is 10.2. The summed E-state index contributed by atoms with van der Waals surface area (Å²) in [7, 11) is -3.68. The molecule has 0 radical (unpaired) electrons. The van der Waals surface area contributed by atoms with E-state index in [-0.39, 0.29) is 35.4 Å². The summed E-state index contributed by atoms with van der Waals surface area (Å²) < 4.78 is 40.7. The van der Waals surface area contributed by atoms with Gasteiger partial charge in [0, 0.05) is 26.2 Å². The van der Waals surface area contributed by atoms with E-state index < -0.39 is 15.8 Å². The SMILES string of the molecule is I.O=S(=O)(NCc1cccc(F)c1)c1cccc(CNC2=NCCCN2)c1. The summed E-state index contributed by atoms with van der Waals surface area (Å²) in [5.41, 5.74) is 1.39. The van der Waals surface area contributed by atoms with E-state index in [2.05, 4.69) is 20.3 Å². The highest BCUT2D eigenvalue weighted by Crippen LogP contribution is 2.13. The summed E-state index contributed by atoms with van der Waals surface area (Å²) in [6, 6.07) is 12.5. The minimum absolute atomic E-state index is 0. The Labute approximate surface area is 175 Å². The summed E-state index contributed by atoms with van der Waals surface area (Å²) in [5, 5.41) is 6.32. The van der Waals surface area contributed by atoms with Crippen LogP contribution < -0.4 is 15.4 Å². The minimum atomic E-state index is -3.68. The number of aliphatic imine (C=N–C) groups is 1. The quantitative estimate of drug-likeness (QED) is 0.528. The van der Waals surface area contributed by atoms with E-state index in [4.69, 9.17) is 0 Å². The molecule has 9 heteroatoms. The van der Waals surface area contributed by atoms with E-state index in [0.29, 0.717) is 12.1 Å². The molecule has 0 saturated carbocycles. The molecule has 3 rings (SSSR count). The van der Waals surface area contributed by atoms with Crippen molar-refractivity contribution in [3.63, 3.8) is 0 Å². The fourth-order valence-electron chi connectivity index (χ4n) is 2.57. The van der Waals surface area contributed by atoms with Gasteiger partial charge in [-0.2, -0.15) is 0 Å². The van der Waals surface area contributed by atoms with Crippen LogP contribution >= 0.6 is 24.0 Å². The highest BCUT2D eigenvalue weighted by molar-refractivity contribution is 14.0. The molecule has 0 bridgehead atoms. The van der Waals surface area contributed by atoms with Gasteiger partial charge in [0.25, 0.3) is 0 Å². The van der Waals surface area contributed by atoms with Crippen molar-refractivity contribution in [1.82, 2.24) is 15.4 Å². The number of nitrogens with zero attached hydrogens (tertiary/aromatic N) is 1. The Balaban J connectivity index is 0.00000261. The van der Waals surface area contributed by atoms with Gasteiger partial charge in [0.1, 0.15) is 5.82 Å². The number of guanidine groups is 1. The van der Waals surface area contributed by atoms with Gasteiger partial charge in [0.05, 0.1) is 4.90 Å². The molecule has 146 valence electrons. The minimum Gasteiger partial charge on any atom is -0.356 e. The van der Waals surface area contributed by atoms with Crippen molar-refractivity contribution >= 4 is 40.0 Å². The molecule has 6 nitrogen and oxygen atoms in total. The molecule has 0 amide bonds. The van der Waals surface area contributed by atoms with Crippen LogP contribution in [-0.4, -0.2) is 27.5 Å². The predicted molar refractivity (Wildman–Crippen MR) is 114 cm³/mol. The Morgan fingerprint density at radius 3 is 2.52 bits per heavy atom. The third-order valence-corrected chi connectivity index (χ3v) is 5.32. The molecule has 0 spiro atoms. The molecule has 1 heterocycles. The zero-order valence-corrected chi connectivity index (χ0v) is 17.8. The van der Waals surface area contributed by atoms with E-state index in [9.17, 15) is 12.8 Å². The third kappa shape index (κ3) is 6.43. The van der Waals surface area contributed by atoms with E-state index >= 15 is 0 Å². The highest BCUT2D eigenvalue weighted by Gasteiger charge is 2.14. The van der Waals surface area contributed by atoms with Gasteiger partial charge in [0.15, 0.2) is 5.96 Å². The van der Waals surface area contributed by atoms with E-state index in [1.54, 1.807) is 24.3 Å². The topological polar surface area (TPSA) is 82.6 Å². The number of halogens is 2. The molecule has 2 aromatic rings. The lowest BCUT2D eigenvalue weighted by Gasteiger charge is -2.16. The number of benzene rings is 2. The maximum absolute atomic E-state index is 13.2. The molecule has 2 aromatic carbocycles. The molecule has 0 saturated heterocycles. The first kappa shape index (κ1) is 21.6. The van der Waals surface area contributed by atoms with Gasteiger partial charge in [0.2, 0.25) is 10.0 Å². The second kappa shape index (κ2) is 10.00. The molecule has 0 unspecified atom stereocenters. The van der Waals surface area contributed by atoms with Crippen LogP contribution in [0.5, 0.6) is 0 Å². The Morgan fingerprint density at radius 2 is 1.81 bits per heavy atom. The molecule has 1 aliphatic heterocycles. The zero-order chi connectivity index (χ0) is 18.4. The van der Waals surface area contributed by atoms with Gasteiger partial charge in [-0.1, -0.05) is 24.3 Å². The first-order valence-corrected chi connectivity index (χ1v) is 9.86. The van der Waals surface area contributed by atoms with Gasteiger partial charge < -0.3 is 10.6 Å². The molecule has 0 aromatic heterocycles. The first-order valence-electron chi connectivity index (χ1n) is 8.38. The van der Waals surface area contributed by atoms with Crippen molar-refractivity contribution in [3.05, 3.63) is 65.5 Å².